The second kappa shape index (κ2) is 14.0. The summed E-state index contributed by atoms with van der Waals surface area (Å²) < 4.78 is 16.4. The Labute approximate surface area is 293 Å². The summed E-state index contributed by atoms with van der Waals surface area (Å²) in [7, 11) is 0. The molecule has 0 aliphatic carbocycles. The predicted octanol–water partition coefficient (Wildman–Crippen LogP) is 12.0. The van der Waals surface area contributed by atoms with Crippen LogP contribution in [0.2, 0.25) is 0 Å². The van der Waals surface area contributed by atoms with Crippen molar-refractivity contribution in [2.45, 2.75) is 39.5 Å². The number of hydrogen-bond acceptors (Lipinski definition) is 2. The summed E-state index contributed by atoms with van der Waals surface area (Å²) in [6.45, 7) is 7.56. The summed E-state index contributed by atoms with van der Waals surface area (Å²) in [4.78, 5) is 8.96. The molecule has 1 radical (unpaired) electrons. The van der Waals surface area contributed by atoms with Gasteiger partial charge in [0.25, 0.3) is 0 Å². The normalized spacial score (nSPS) is 12.3. The van der Waals surface area contributed by atoms with E-state index in [4.69, 9.17) is 2.74 Å². The van der Waals surface area contributed by atoms with E-state index in [1.54, 1.807) is 12.4 Å². The van der Waals surface area contributed by atoms with Crippen LogP contribution in [0.3, 0.4) is 0 Å². The van der Waals surface area contributed by atoms with E-state index in [1.165, 1.54) is 43.1 Å². The van der Waals surface area contributed by atoms with Gasteiger partial charge in [-0.2, -0.15) is 0 Å². The molecule has 233 valence electrons. The van der Waals surface area contributed by atoms with Crippen molar-refractivity contribution in [2.24, 2.45) is 0 Å². The van der Waals surface area contributed by atoms with Gasteiger partial charge >= 0.3 is 0 Å². The van der Waals surface area contributed by atoms with Crippen LogP contribution >= 0.6 is 0 Å². The molecule has 0 bridgehead atoms. The minimum atomic E-state index is -0.634. The maximum absolute atomic E-state index is 8.22. The van der Waals surface area contributed by atoms with Gasteiger partial charge in [0, 0.05) is 35.2 Å². The van der Waals surface area contributed by atoms with Gasteiger partial charge in [0.05, 0.1) is 0 Å². The van der Waals surface area contributed by atoms with Crippen LogP contribution in [0.15, 0.2) is 134 Å². The second-order valence-electron chi connectivity index (χ2n) is 12.1. The Kier molecular flexibility index (Phi) is 8.83. The molecule has 0 amide bonds. The maximum atomic E-state index is 8.22. The molecule has 0 saturated carbocycles. The number of fused-ring (bicyclic) bond motifs is 6. The fourth-order valence-electron chi connectivity index (χ4n) is 5.97. The van der Waals surface area contributed by atoms with E-state index in [-0.39, 0.29) is 20.1 Å². The number of nitrogens with zero attached hydrogens (tertiary/aromatic N) is 2. The summed E-state index contributed by atoms with van der Waals surface area (Å²) in [5.74, 6) is -1.27. The number of benzene rings is 6. The van der Waals surface area contributed by atoms with Crippen molar-refractivity contribution in [3.05, 3.63) is 157 Å². The van der Waals surface area contributed by atoms with Crippen LogP contribution in [-0.4, -0.2) is 9.97 Å². The summed E-state index contributed by atoms with van der Waals surface area (Å²) in [6.07, 6.45) is 3.55. The van der Waals surface area contributed by atoms with Crippen LogP contribution in [0.4, 0.5) is 0 Å². The van der Waals surface area contributed by atoms with Crippen molar-refractivity contribution in [1.29, 1.82) is 0 Å². The molecule has 8 aromatic rings. The molecule has 2 heterocycles. The molecule has 2 aromatic heterocycles. The van der Waals surface area contributed by atoms with Crippen molar-refractivity contribution in [2.75, 3.05) is 0 Å². The first-order chi connectivity index (χ1) is 23.0. The monoisotopic (exact) mass is 787 g/mol. The van der Waals surface area contributed by atoms with E-state index in [9.17, 15) is 0 Å². The molecule has 0 aliphatic rings. The number of aromatic nitrogens is 2. The Morgan fingerprint density at radius 3 is 1.32 bits per heavy atom. The van der Waals surface area contributed by atoms with Crippen LogP contribution in [0.5, 0.6) is 0 Å². The predicted molar refractivity (Wildman–Crippen MR) is 195 cm³/mol. The first-order valence-corrected chi connectivity index (χ1v) is 15.6. The van der Waals surface area contributed by atoms with Gasteiger partial charge < -0.3 is 9.97 Å². The summed E-state index contributed by atoms with van der Waals surface area (Å²) in [6, 6.07) is 48.3. The van der Waals surface area contributed by atoms with E-state index in [2.05, 4.69) is 107 Å². The van der Waals surface area contributed by atoms with Crippen molar-refractivity contribution in [3.63, 3.8) is 0 Å². The third kappa shape index (κ3) is 6.74. The molecule has 0 saturated heterocycles. The molecule has 0 unspecified atom stereocenters. The van der Waals surface area contributed by atoms with Crippen LogP contribution in [-0.2, 0) is 20.1 Å². The van der Waals surface area contributed by atoms with Gasteiger partial charge in [-0.3, -0.25) is 0 Å². The number of rotatable bonds is 4. The molecule has 2 nitrogen and oxygen atoms in total. The summed E-state index contributed by atoms with van der Waals surface area (Å²) in [5, 5.41) is 9.73. The van der Waals surface area contributed by atoms with Crippen molar-refractivity contribution < 1.29 is 22.8 Å². The zero-order chi connectivity index (χ0) is 33.5. The Balaban J connectivity index is 0.000000167. The fraction of sp³-hybridized carbons (Fsp3) is 0.136. The topological polar surface area (TPSA) is 25.8 Å². The molecule has 0 atom stereocenters. The average Bonchev–Trinajstić information content (AvgIpc) is 3.10. The van der Waals surface area contributed by atoms with Crippen LogP contribution in [0, 0.1) is 12.1 Å². The number of pyridine rings is 2. The van der Waals surface area contributed by atoms with E-state index in [0.717, 1.165) is 33.6 Å². The SMILES string of the molecule is [2H]C(C)(C)c1ccnc(-c2[c-]cc3c(ccc4ccccc43)c2)c1.[2H]C(C)(C)c1ccnc(-c2[c-]cc3c(ccc4ccccc43)c2)c1.[Ir]. The smallest absolute Gasteiger partial charge is 0.0346 e. The standard InChI is InChI=1S/2C22H18N.Ir/c2*1-15(2)17-11-12-23-22(14-17)19-9-10-21-18(13-19)8-7-16-5-3-4-6-20(16)21;/h2*3-8,10-15H,1-2H3;/q2*-1;/i2*15D;. The molecule has 47 heavy (non-hydrogen) atoms. The third-order valence-electron chi connectivity index (χ3n) is 8.58. The van der Waals surface area contributed by atoms with Gasteiger partial charge in [-0.1, -0.05) is 145 Å². The van der Waals surface area contributed by atoms with Gasteiger partial charge in [0.2, 0.25) is 0 Å². The molecule has 3 heteroatoms. The molecular formula is C44H36IrN2-2. The Morgan fingerprint density at radius 2 is 0.894 bits per heavy atom. The number of hydrogen-bond donors (Lipinski definition) is 0. The summed E-state index contributed by atoms with van der Waals surface area (Å²) in [5.41, 5.74) is 5.57. The third-order valence-corrected chi connectivity index (χ3v) is 8.58. The maximum Gasteiger partial charge on any atom is 0.0346 e. The zero-order valence-corrected chi connectivity index (χ0v) is 29.3. The first kappa shape index (κ1) is 29.7. The fourth-order valence-corrected chi connectivity index (χ4v) is 5.97. The second-order valence-corrected chi connectivity index (χ2v) is 12.1. The van der Waals surface area contributed by atoms with Crippen molar-refractivity contribution in [1.82, 2.24) is 9.97 Å². The Bertz CT molecular complexity index is 2270. The van der Waals surface area contributed by atoms with Gasteiger partial charge in [0.1, 0.15) is 0 Å². The first-order valence-electron chi connectivity index (χ1n) is 16.6. The van der Waals surface area contributed by atoms with Gasteiger partial charge in [-0.15, -0.1) is 58.3 Å². The van der Waals surface area contributed by atoms with Crippen LogP contribution in [0.1, 0.15) is 53.4 Å². The van der Waals surface area contributed by atoms with Crippen molar-refractivity contribution in [3.8, 4) is 22.5 Å². The molecule has 6 aromatic carbocycles. The molecular weight excluding hydrogens is 749 g/mol. The molecule has 0 aliphatic heterocycles. The minimum absolute atomic E-state index is 0. The quantitative estimate of drug-likeness (QED) is 0.131. The molecule has 0 spiro atoms. The van der Waals surface area contributed by atoms with E-state index < -0.39 is 11.8 Å². The zero-order valence-electron chi connectivity index (χ0n) is 28.9. The van der Waals surface area contributed by atoms with Crippen molar-refractivity contribution >= 4 is 43.1 Å². The van der Waals surface area contributed by atoms with E-state index >= 15 is 0 Å². The van der Waals surface area contributed by atoms with Gasteiger partial charge in [-0.25, -0.2) is 0 Å². The largest absolute Gasteiger partial charge is 0.305 e. The molecule has 0 N–H and O–H groups in total. The van der Waals surface area contributed by atoms with Gasteiger partial charge in [-0.05, 0) is 46.1 Å². The van der Waals surface area contributed by atoms with Crippen LogP contribution < -0.4 is 0 Å². The van der Waals surface area contributed by atoms with E-state index in [1.807, 2.05) is 64.1 Å². The van der Waals surface area contributed by atoms with Crippen LogP contribution in [0.25, 0.3) is 65.6 Å². The summed E-state index contributed by atoms with van der Waals surface area (Å²) >= 11 is 0. The molecule has 0 fully saturated rings. The average molecular weight is 787 g/mol. The Hall–Kier alpha value is -4.69. The minimum Gasteiger partial charge on any atom is -0.305 e. The Morgan fingerprint density at radius 1 is 0.489 bits per heavy atom. The van der Waals surface area contributed by atoms with E-state index in [0.29, 0.717) is 0 Å². The molecule has 8 rings (SSSR count). The van der Waals surface area contributed by atoms with Gasteiger partial charge in [0.15, 0.2) is 0 Å².